The standard InChI is InChI=1S/C21H31NO5/c1-16(2)27-20(23)22-11-12-24-19-8-6-17(7-9-19)15-18-5-3-4-10-21(18)25-13-14-26-21/h6-9,16,18H,3-5,10-15H2,1-2H3,(H,22,23)/t18-/m0/s1. The first-order valence-electron chi connectivity index (χ1n) is 10.0. The molecule has 1 aliphatic heterocycles. The summed E-state index contributed by atoms with van der Waals surface area (Å²) in [5, 5.41) is 2.66. The van der Waals surface area contributed by atoms with E-state index in [-0.39, 0.29) is 11.9 Å². The maximum absolute atomic E-state index is 11.4. The Balaban J connectivity index is 1.44. The summed E-state index contributed by atoms with van der Waals surface area (Å²) >= 11 is 0. The van der Waals surface area contributed by atoms with E-state index >= 15 is 0 Å². The predicted octanol–water partition coefficient (Wildman–Crippen LogP) is 3.68. The van der Waals surface area contributed by atoms with E-state index in [0.717, 1.165) is 25.0 Å². The zero-order valence-corrected chi connectivity index (χ0v) is 16.4. The number of rotatable bonds is 7. The monoisotopic (exact) mass is 377 g/mol. The van der Waals surface area contributed by atoms with Crippen LogP contribution in [0.15, 0.2) is 24.3 Å². The van der Waals surface area contributed by atoms with Crippen LogP contribution in [0.2, 0.25) is 0 Å². The quantitative estimate of drug-likeness (QED) is 0.735. The van der Waals surface area contributed by atoms with Gasteiger partial charge in [-0.05, 0) is 50.8 Å². The molecule has 1 aliphatic carbocycles. The molecule has 1 amide bonds. The Labute approximate surface area is 161 Å². The number of carbonyl (C=O) groups is 1. The minimum absolute atomic E-state index is 0.123. The van der Waals surface area contributed by atoms with Crippen LogP contribution in [0, 0.1) is 5.92 Å². The lowest BCUT2D eigenvalue weighted by molar-refractivity contribution is -0.212. The van der Waals surface area contributed by atoms with Gasteiger partial charge < -0.3 is 24.3 Å². The summed E-state index contributed by atoms with van der Waals surface area (Å²) in [5.41, 5.74) is 1.27. The highest BCUT2D eigenvalue weighted by molar-refractivity contribution is 5.67. The first kappa shape index (κ1) is 20.0. The molecule has 0 bridgehead atoms. The van der Waals surface area contributed by atoms with Gasteiger partial charge in [-0.25, -0.2) is 4.79 Å². The normalized spacial score (nSPS) is 21.4. The Hall–Kier alpha value is -1.79. The third-order valence-corrected chi connectivity index (χ3v) is 5.11. The zero-order chi connectivity index (χ0) is 19.1. The third-order valence-electron chi connectivity index (χ3n) is 5.11. The van der Waals surface area contributed by atoms with Gasteiger partial charge >= 0.3 is 6.09 Å². The number of ether oxygens (including phenoxy) is 4. The topological polar surface area (TPSA) is 66.0 Å². The molecular weight excluding hydrogens is 346 g/mol. The van der Waals surface area contributed by atoms with Crippen molar-refractivity contribution in [2.75, 3.05) is 26.4 Å². The molecule has 2 aliphatic rings. The second-order valence-corrected chi connectivity index (χ2v) is 7.53. The van der Waals surface area contributed by atoms with Crippen molar-refractivity contribution in [1.29, 1.82) is 0 Å². The smallest absolute Gasteiger partial charge is 0.407 e. The number of hydrogen-bond donors (Lipinski definition) is 1. The van der Waals surface area contributed by atoms with Crippen LogP contribution in [0.3, 0.4) is 0 Å². The van der Waals surface area contributed by atoms with Crippen molar-refractivity contribution in [1.82, 2.24) is 5.32 Å². The molecule has 1 aromatic carbocycles. The van der Waals surface area contributed by atoms with Crippen molar-refractivity contribution in [3.05, 3.63) is 29.8 Å². The number of benzene rings is 1. The molecule has 27 heavy (non-hydrogen) atoms. The molecule has 1 saturated carbocycles. The highest BCUT2D eigenvalue weighted by Gasteiger charge is 2.45. The summed E-state index contributed by atoms with van der Waals surface area (Å²) in [6.07, 6.45) is 5.00. The average Bonchev–Trinajstić information content (AvgIpc) is 3.11. The Morgan fingerprint density at radius 2 is 1.96 bits per heavy atom. The van der Waals surface area contributed by atoms with Crippen LogP contribution in [-0.2, 0) is 20.6 Å². The van der Waals surface area contributed by atoms with Crippen LogP contribution in [0.4, 0.5) is 4.79 Å². The van der Waals surface area contributed by atoms with Crippen LogP contribution in [0.25, 0.3) is 0 Å². The van der Waals surface area contributed by atoms with E-state index in [0.29, 0.717) is 32.3 Å². The van der Waals surface area contributed by atoms with Crippen molar-refractivity contribution < 1.29 is 23.7 Å². The molecule has 1 N–H and O–H groups in total. The van der Waals surface area contributed by atoms with Gasteiger partial charge in [0.2, 0.25) is 0 Å². The van der Waals surface area contributed by atoms with Gasteiger partial charge in [-0.1, -0.05) is 18.6 Å². The van der Waals surface area contributed by atoms with Crippen LogP contribution in [0.5, 0.6) is 5.75 Å². The van der Waals surface area contributed by atoms with E-state index in [2.05, 4.69) is 17.4 Å². The van der Waals surface area contributed by atoms with E-state index in [4.69, 9.17) is 18.9 Å². The highest BCUT2D eigenvalue weighted by atomic mass is 16.7. The molecule has 1 saturated heterocycles. The van der Waals surface area contributed by atoms with Gasteiger partial charge in [0.25, 0.3) is 0 Å². The lowest BCUT2D eigenvalue weighted by atomic mass is 9.79. The van der Waals surface area contributed by atoms with Crippen molar-refractivity contribution in [2.45, 2.75) is 57.8 Å². The Morgan fingerprint density at radius 1 is 1.22 bits per heavy atom. The molecule has 1 heterocycles. The van der Waals surface area contributed by atoms with Crippen LogP contribution in [-0.4, -0.2) is 44.3 Å². The summed E-state index contributed by atoms with van der Waals surface area (Å²) in [5.74, 6) is 0.852. The minimum Gasteiger partial charge on any atom is -0.492 e. The minimum atomic E-state index is -0.415. The molecule has 3 rings (SSSR count). The molecule has 1 atom stereocenters. The second-order valence-electron chi connectivity index (χ2n) is 7.53. The van der Waals surface area contributed by atoms with Gasteiger partial charge in [0.15, 0.2) is 5.79 Å². The van der Waals surface area contributed by atoms with E-state index in [1.807, 2.05) is 26.0 Å². The first-order chi connectivity index (χ1) is 13.1. The molecule has 6 heteroatoms. The van der Waals surface area contributed by atoms with E-state index in [9.17, 15) is 4.79 Å². The summed E-state index contributed by atoms with van der Waals surface area (Å²) in [6, 6.07) is 8.17. The fourth-order valence-electron chi connectivity index (χ4n) is 3.88. The average molecular weight is 377 g/mol. The fraction of sp³-hybridized carbons (Fsp3) is 0.667. The number of carbonyl (C=O) groups excluding carboxylic acids is 1. The lowest BCUT2D eigenvalue weighted by Gasteiger charge is -2.39. The van der Waals surface area contributed by atoms with Gasteiger partial charge in [0.1, 0.15) is 12.4 Å². The van der Waals surface area contributed by atoms with Crippen molar-refractivity contribution >= 4 is 6.09 Å². The molecule has 0 unspecified atom stereocenters. The predicted molar refractivity (Wildman–Crippen MR) is 102 cm³/mol. The van der Waals surface area contributed by atoms with Crippen LogP contribution in [0.1, 0.15) is 45.1 Å². The molecule has 0 radical (unpaired) electrons. The first-order valence-corrected chi connectivity index (χ1v) is 10.0. The van der Waals surface area contributed by atoms with Gasteiger partial charge in [0.05, 0.1) is 25.9 Å². The molecular formula is C21H31NO5. The number of alkyl carbamates (subject to hydrolysis) is 1. The highest BCUT2D eigenvalue weighted by Crippen LogP contribution is 2.42. The van der Waals surface area contributed by atoms with Crippen molar-refractivity contribution in [3.63, 3.8) is 0 Å². The molecule has 2 fully saturated rings. The second kappa shape index (κ2) is 9.42. The third kappa shape index (κ3) is 5.59. The Morgan fingerprint density at radius 3 is 2.67 bits per heavy atom. The Kier molecular flexibility index (Phi) is 6.96. The largest absolute Gasteiger partial charge is 0.492 e. The molecule has 150 valence electrons. The van der Waals surface area contributed by atoms with Gasteiger partial charge in [-0.2, -0.15) is 0 Å². The fourth-order valence-corrected chi connectivity index (χ4v) is 3.88. The SMILES string of the molecule is CC(C)OC(=O)NCCOc1ccc(C[C@@H]2CCCCC23OCCO3)cc1. The Bertz CT molecular complexity index is 595. The number of hydrogen-bond acceptors (Lipinski definition) is 5. The van der Waals surface area contributed by atoms with Gasteiger partial charge in [-0.3, -0.25) is 0 Å². The van der Waals surface area contributed by atoms with Crippen molar-refractivity contribution in [3.8, 4) is 5.75 Å². The van der Waals surface area contributed by atoms with Crippen molar-refractivity contribution in [2.24, 2.45) is 5.92 Å². The number of amides is 1. The van der Waals surface area contributed by atoms with E-state index < -0.39 is 6.09 Å². The van der Waals surface area contributed by atoms with Gasteiger partial charge in [-0.15, -0.1) is 0 Å². The zero-order valence-electron chi connectivity index (χ0n) is 16.4. The van der Waals surface area contributed by atoms with Crippen LogP contribution >= 0.6 is 0 Å². The molecule has 6 nitrogen and oxygen atoms in total. The number of nitrogens with one attached hydrogen (secondary N) is 1. The van der Waals surface area contributed by atoms with E-state index in [1.165, 1.54) is 18.4 Å². The lowest BCUT2D eigenvalue weighted by Crippen LogP contribution is -2.42. The maximum Gasteiger partial charge on any atom is 0.407 e. The van der Waals surface area contributed by atoms with Gasteiger partial charge in [0, 0.05) is 12.3 Å². The summed E-state index contributed by atoms with van der Waals surface area (Å²) < 4.78 is 22.7. The summed E-state index contributed by atoms with van der Waals surface area (Å²) in [7, 11) is 0. The molecule has 1 aromatic rings. The summed E-state index contributed by atoms with van der Waals surface area (Å²) in [4.78, 5) is 11.4. The summed E-state index contributed by atoms with van der Waals surface area (Å²) in [6.45, 7) is 5.87. The molecule has 1 spiro atoms. The maximum atomic E-state index is 11.4. The van der Waals surface area contributed by atoms with Crippen LogP contribution < -0.4 is 10.1 Å². The molecule has 0 aromatic heterocycles. The van der Waals surface area contributed by atoms with E-state index in [1.54, 1.807) is 0 Å².